The zero-order valence-corrected chi connectivity index (χ0v) is 10.8. The van der Waals surface area contributed by atoms with Crippen LogP contribution < -0.4 is 11.2 Å². The van der Waals surface area contributed by atoms with Crippen LogP contribution in [0.3, 0.4) is 0 Å². The third kappa shape index (κ3) is 2.55. The van der Waals surface area contributed by atoms with Crippen LogP contribution in [0, 0.1) is 0 Å². The van der Waals surface area contributed by atoms with Gasteiger partial charge in [-0.15, -0.1) is 0 Å². The van der Waals surface area contributed by atoms with E-state index in [1.54, 1.807) is 10.9 Å². The molecule has 7 heteroatoms. The number of H-pyrrole nitrogens is 1. The van der Waals surface area contributed by atoms with Crippen LogP contribution in [0.2, 0.25) is 0 Å². The minimum atomic E-state index is -0.410. The van der Waals surface area contributed by atoms with Crippen molar-refractivity contribution < 1.29 is 0 Å². The van der Waals surface area contributed by atoms with Crippen LogP contribution in [0.25, 0.3) is 0 Å². The lowest BCUT2D eigenvalue weighted by Gasteiger charge is -2.05. The first-order chi connectivity index (χ1) is 8.08. The van der Waals surface area contributed by atoms with E-state index in [1.807, 2.05) is 13.1 Å². The molecule has 1 N–H and O–H groups in total. The summed E-state index contributed by atoms with van der Waals surface area (Å²) in [4.78, 5) is 24.9. The van der Waals surface area contributed by atoms with E-state index in [9.17, 15) is 9.59 Å². The molecule has 0 amide bonds. The number of aromatic nitrogens is 4. The van der Waals surface area contributed by atoms with Crippen LogP contribution in [0.4, 0.5) is 0 Å². The largest absolute Gasteiger partial charge is 0.328 e. The van der Waals surface area contributed by atoms with E-state index < -0.39 is 11.2 Å². The number of hydrogen-bond acceptors (Lipinski definition) is 3. The molecule has 0 aliphatic rings. The van der Waals surface area contributed by atoms with Crippen molar-refractivity contribution >= 4 is 15.9 Å². The fourth-order valence-corrected chi connectivity index (χ4v) is 1.88. The topological polar surface area (TPSA) is 72.7 Å². The van der Waals surface area contributed by atoms with E-state index in [2.05, 4.69) is 26.0 Å². The van der Waals surface area contributed by atoms with Gasteiger partial charge in [0.05, 0.1) is 4.47 Å². The Kier molecular flexibility index (Phi) is 3.28. The van der Waals surface area contributed by atoms with Gasteiger partial charge in [0.15, 0.2) is 0 Å². The Balaban J connectivity index is 2.20. The number of halogens is 1. The quantitative estimate of drug-likeness (QED) is 0.884. The molecule has 2 aromatic rings. The first-order valence-corrected chi connectivity index (χ1v) is 5.83. The van der Waals surface area contributed by atoms with Crippen LogP contribution in [0.1, 0.15) is 5.69 Å². The molecule has 0 aromatic carbocycles. The molecule has 90 valence electrons. The van der Waals surface area contributed by atoms with E-state index in [4.69, 9.17) is 0 Å². The van der Waals surface area contributed by atoms with Crippen LogP contribution in [-0.4, -0.2) is 19.3 Å². The minimum Gasteiger partial charge on any atom is -0.299 e. The number of aromatic amines is 1. The summed E-state index contributed by atoms with van der Waals surface area (Å²) in [6.45, 7) is 0.494. The summed E-state index contributed by atoms with van der Waals surface area (Å²) >= 11 is 3.09. The van der Waals surface area contributed by atoms with Gasteiger partial charge >= 0.3 is 5.69 Å². The van der Waals surface area contributed by atoms with Crippen LogP contribution in [0.5, 0.6) is 0 Å². The van der Waals surface area contributed by atoms with Gasteiger partial charge in [0.2, 0.25) is 0 Å². The van der Waals surface area contributed by atoms with Crippen molar-refractivity contribution in [3.05, 3.63) is 49.5 Å². The standard InChI is InChI=1S/C10H11BrN4O2/c1-14-7(2-4-12-14)3-5-15-6-8(11)9(16)13-10(15)17/h2,4,6H,3,5H2,1H3,(H,13,16,17). The van der Waals surface area contributed by atoms with Gasteiger partial charge in [-0.3, -0.25) is 19.0 Å². The maximum Gasteiger partial charge on any atom is 0.328 e. The predicted octanol–water partition coefficient (Wildman–Crippen LogP) is 0.275. The first-order valence-electron chi connectivity index (χ1n) is 5.04. The third-order valence-corrected chi connectivity index (χ3v) is 3.06. The molecule has 0 unspecified atom stereocenters. The van der Waals surface area contributed by atoms with Crippen molar-refractivity contribution in [2.75, 3.05) is 0 Å². The molecule has 2 heterocycles. The highest BCUT2D eigenvalue weighted by molar-refractivity contribution is 9.10. The summed E-state index contributed by atoms with van der Waals surface area (Å²) in [6, 6.07) is 1.89. The van der Waals surface area contributed by atoms with Gasteiger partial charge < -0.3 is 0 Å². The summed E-state index contributed by atoms with van der Waals surface area (Å²) in [7, 11) is 1.85. The summed E-state index contributed by atoms with van der Waals surface area (Å²) in [5, 5.41) is 4.05. The fourth-order valence-electron chi connectivity index (χ4n) is 1.53. The van der Waals surface area contributed by atoms with Crippen molar-refractivity contribution in [1.82, 2.24) is 19.3 Å². The van der Waals surface area contributed by atoms with Crippen LogP contribution in [-0.2, 0) is 20.0 Å². The van der Waals surface area contributed by atoms with E-state index >= 15 is 0 Å². The van der Waals surface area contributed by atoms with Gasteiger partial charge in [0.25, 0.3) is 5.56 Å². The second kappa shape index (κ2) is 4.70. The van der Waals surface area contributed by atoms with Crippen molar-refractivity contribution in [2.24, 2.45) is 7.05 Å². The highest BCUT2D eigenvalue weighted by atomic mass is 79.9. The Morgan fingerprint density at radius 1 is 1.47 bits per heavy atom. The molecule has 2 aromatic heterocycles. The Hall–Kier alpha value is -1.63. The molecular weight excluding hydrogens is 288 g/mol. The van der Waals surface area contributed by atoms with Gasteiger partial charge in [-0.25, -0.2) is 4.79 Å². The number of rotatable bonds is 3. The second-order valence-electron chi connectivity index (χ2n) is 3.63. The lowest BCUT2D eigenvalue weighted by atomic mass is 10.3. The Labute approximate surface area is 105 Å². The Morgan fingerprint density at radius 3 is 2.88 bits per heavy atom. The fraction of sp³-hybridized carbons (Fsp3) is 0.300. The average molecular weight is 299 g/mol. The lowest BCUT2D eigenvalue weighted by Crippen LogP contribution is -2.30. The van der Waals surface area contributed by atoms with Crippen molar-refractivity contribution in [1.29, 1.82) is 0 Å². The summed E-state index contributed by atoms with van der Waals surface area (Å²) in [5.74, 6) is 0. The van der Waals surface area contributed by atoms with Crippen molar-refractivity contribution in [3.63, 3.8) is 0 Å². The minimum absolute atomic E-state index is 0.349. The monoisotopic (exact) mass is 298 g/mol. The molecule has 0 saturated heterocycles. The number of nitrogens with one attached hydrogen (secondary N) is 1. The molecule has 17 heavy (non-hydrogen) atoms. The zero-order valence-electron chi connectivity index (χ0n) is 9.18. The van der Waals surface area contributed by atoms with Gasteiger partial charge in [0.1, 0.15) is 0 Å². The molecule has 0 bridgehead atoms. The smallest absolute Gasteiger partial charge is 0.299 e. The van der Waals surface area contributed by atoms with E-state index in [-0.39, 0.29) is 0 Å². The molecule has 2 rings (SSSR count). The zero-order chi connectivity index (χ0) is 12.4. The molecule has 0 aliphatic carbocycles. The Bertz CT molecular complexity index is 640. The number of aryl methyl sites for hydroxylation is 3. The van der Waals surface area contributed by atoms with Crippen molar-refractivity contribution in [3.8, 4) is 0 Å². The lowest BCUT2D eigenvalue weighted by molar-refractivity contribution is 0.606. The summed E-state index contributed by atoms with van der Waals surface area (Å²) < 4.78 is 3.56. The second-order valence-corrected chi connectivity index (χ2v) is 4.48. The normalized spacial score (nSPS) is 10.7. The Morgan fingerprint density at radius 2 is 2.24 bits per heavy atom. The molecular formula is C10H11BrN4O2. The van der Waals surface area contributed by atoms with E-state index in [0.29, 0.717) is 17.4 Å². The van der Waals surface area contributed by atoms with Crippen LogP contribution >= 0.6 is 15.9 Å². The molecule has 6 nitrogen and oxygen atoms in total. The van der Waals surface area contributed by atoms with Gasteiger partial charge in [-0.2, -0.15) is 5.10 Å². The highest BCUT2D eigenvalue weighted by Gasteiger charge is 2.03. The summed E-state index contributed by atoms with van der Waals surface area (Å²) in [6.07, 6.45) is 3.88. The maximum absolute atomic E-state index is 11.5. The molecule has 0 radical (unpaired) electrons. The number of hydrogen-bond donors (Lipinski definition) is 1. The predicted molar refractivity (Wildman–Crippen MR) is 65.9 cm³/mol. The molecule has 0 spiro atoms. The molecule has 0 saturated carbocycles. The SMILES string of the molecule is Cn1nccc1CCn1cc(Br)c(=O)[nH]c1=O. The maximum atomic E-state index is 11.5. The van der Waals surface area contributed by atoms with E-state index in [0.717, 1.165) is 5.69 Å². The molecule has 0 atom stereocenters. The van der Waals surface area contributed by atoms with E-state index in [1.165, 1.54) is 10.8 Å². The van der Waals surface area contributed by atoms with Gasteiger partial charge in [-0.1, -0.05) is 0 Å². The highest BCUT2D eigenvalue weighted by Crippen LogP contribution is 2.01. The molecule has 0 fully saturated rings. The molecule has 0 aliphatic heterocycles. The third-order valence-electron chi connectivity index (χ3n) is 2.50. The average Bonchev–Trinajstić information content (AvgIpc) is 2.68. The number of nitrogens with zero attached hydrogens (tertiary/aromatic N) is 3. The summed E-state index contributed by atoms with van der Waals surface area (Å²) in [5.41, 5.74) is 0.214. The van der Waals surface area contributed by atoms with Gasteiger partial charge in [0, 0.05) is 38.1 Å². The van der Waals surface area contributed by atoms with Gasteiger partial charge in [-0.05, 0) is 22.0 Å². The van der Waals surface area contributed by atoms with Crippen molar-refractivity contribution in [2.45, 2.75) is 13.0 Å². The van der Waals surface area contributed by atoms with Crippen LogP contribution in [0.15, 0.2) is 32.5 Å². The first kappa shape index (κ1) is 11.8.